The van der Waals surface area contributed by atoms with E-state index < -0.39 is 5.41 Å². The molecule has 2 N–H and O–H groups in total. The Balaban J connectivity index is 1.58. The summed E-state index contributed by atoms with van der Waals surface area (Å²) in [4.78, 5) is 25.5. The number of carbonyl (C=O) groups excluding carboxylic acids is 2. The summed E-state index contributed by atoms with van der Waals surface area (Å²) in [6.45, 7) is 0. The second kappa shape index (κ2) is 6.19. The van der Waals surface area contributed by atoms with E-state index in [9.17, 15) is 14.0 Å². The smallest absolute Gasteiger partial charge is 0.235 e. The summed E-state index contributed by atoms with van der Waals surface area (Å²) >= 11 is 1.48. The number of nitrogens with one attached hydrogen (secondary N) is 2. The summed E-state index contributed by atoms with van der Waals surface area (Å²) in [7, 11) is 0. The Morgan fingerprint density at radius 3 is 2.60 bits per heavy atom. The molecule has 2 aromatic rings. The average Bonchev–Trinajstić information content (AvgIpc) is 2.55. The minimum Gasteiger partial charge on any atom is -0.325 e. The predicted molar refractivity (Wildman–Crippen MR) is 96.4 cm³/mol. The van der Waals surface area contributed by atoms with Crippen molar-refractivity contribution < 1.29 is 14.0 Å². The molecule has 4 nitrogen and oxygen atoms in total. The maximum Gasteiger partial charge on any atom is 0.235 e. The van der Waals surface area contributed by atoms with Crippen molar-refractivity contribution in [1.29, 1.82) is 0 Å². The van der Waals surface area contributed by atoms with Gasteiger partial charge in [-0.3, -0.25) is 9.59 Å². The number of thioether (sulfide) groups is 1. The minimum absolute atomic E-state index is 0.0391. The van der Waals surface area contributed by atoms with E-state index in [-0.39, 0.29) is 17.6 Å². The van der Waals surface area contributed by atoms with Crippen molar-refractivity contribution in [2.24, 2.45) is 0 Å². The zero-order valence-corrected chi connectivity index (χ0v) is 14.3. The van der Waals surface area contributed by atoms with Gasteiger partial charge in [0.15, 0.2) is 0 Å². The molecule has 0 spiro atoms. The topological polar surface area (TPSA) is 58.2 Å². The van der Waals surface area contributed by atoms with Crippen LogP contribution in [0, 0.1) is 5.82 Å². The molecule has 0 saturated heterocycles. The van der Waals surface area contributed by atoms with Gasteiger partial charge in [-0.05, 0) is 48.7 Å². The van der Waals surface area contributed by atoms with E-state index in [1.807, 2.05) is 12.1 Å². The minimum atomic E-state index is -0.596. The molecule has 1 aliphatic heterocycles. The zero-order valence-electron chi connectivity index (χ0n) is 13.5. The van der Waals surface area contributed by atoms with Gasteiger partial charge in [-0.15, -0.1) is 11.8 Å². The predicted octanol–water partition coefficient (Wildman–Crippen LogP) is 3.93. The Morgan fingerprint density at radius 1 is 1.16 bits per heavy atom. The molecule has 4 rings (SSSR count). The van der Waals surface area contributed by atoms with Gasteiger partial charge in [0.25, 0.3) is 0 Å². The molecule has 2 aliphatic rings. The van der Waals surface area contributed by atoms with Gasteiger partial charge < -0.3 is 10.6 Å². The Bertz CT molecular complexity index is 847. The van der Waals surface area contributed by atoms with Crippen molar-refractivity contribution in [3.63, 3.8) is 0 Å². The number of fused-ring (bicyclic) bond motifs is 1. The molecule has 0 unspecified atom stereocenters. The third-order valence-electron chi connectivity index (χ3n) is 4.91. The SMILES string of the molecule is O=C1CSc2ccc(NC(=O)C3(c4ccc(F)cc4)CCC3)cc2N1. The van der Waals surface area contributed by atoms with Gasteiger partial charge in [0, 0.05) is 10.6 Å². The van der Waals surface area contributed by atoms with Crippen molar-refractivity contribution in [3.8, 4) is 0 Å². The summed E-state index contributed by atoms with van der Waals surface area (Å²) in [6, 6.07) is 11.7. The van der Waals surface area contributed by atoms with E-state index in [4.69, 9.17) is 0 Å². The molecule has 1 heterocycles. The lowest BCUT2D eigenvalue weighted by atomic mass is 9.64. The molecular formula is C19H17FN2O2S. The monoisotopic (exact) mass is 356 g/mol. The fraction of sp³-hybridized carbons (Fsp3) is 0.263. The first-order valence-corrected chi connectivity index (χ1v) is 9.20. The van der Waals surface area contributed by atoms with Crippen molar-refractivity contribution in [3.05, 3.63) is 53.8 Å². The fourth-order valence-corrected chi connectivity index (χ4v) is 4.15. The van der Waals surface area contributed by atoms with Crippen LogP contribution in [-0.4, -0.2) is 17.6 Å². The number of rotatable bonds is 3. The van der Waals surface area contributed by atoms with E-state index in [0.717, 1.165) is 35.4 Å². The highest BCUT2D eigenvalue weighted by molar-refractivity contribution is 8.00. The molecule has 0 atom stereocenters. The maximum absolute atomic E-state index is 13.2. The van der Waals surface area contributed by atoms with Crippen LogP contribution in [0.3, 0.4) is 0 Å². The lowest BCUT2D eigenvalue weighted by molar-refractivity contribution is -0.124. The molecule has 1 saturated carbocycles. The molecule has 6 heteroatoms. The highest BCUT2D eigenvalue weighted by Crippen LogP contribution is 2.45. The first-order chi connectivity index (χ1) is 12.1. The average molecular weight is 356 g/mol. The quantitative estimate of drug-likeness (QED) is 0.876. The molecular weight excluding hydrogens is 339 g/mol. The molecule has 25 heavy (non-hydrogen) atoms. The second-order valence-corrected chi connectivity index (χ2v) is 7.46. The van der Waals surface area contributed by atoms with Crippen molar-refractivity contribution in [2.45, 2.75) is 29.6 Å². The Labute approximate surface area is 149 Å². The van der Waals surface area contributed by atoms with Crippen LogP contribution in [-0.2, 0) is 15.0 Å². The lowest BCUT2D eigenvalue weighted by Crippen LogP contribution is -2.46. The molecule has 0 aromatic heterocycles. The third kappa shape index (κ3) is 2.91. The first kappa shape index (κ1) is 16.1. The van der Waals surface area contributed by atoms with Crippen molar-refractivity contribution in [2.75, 3.05) is 16.4 Å². The number of anilines is 2. The van der Waals surface area contributed by atoms with Gasteiger partial charge >= 0.3 is 0 Å². The number of hydrogen-bond donors (Lipinski definition) is 2. The van der Waals surface area contributed by atoms with Gasteiger partial charge in [0.05, 0.1) is 16.9 Å². The normalized spacial score (nSPS) is 17.9. The number of amides is 2. The molecule has 128 valence electrons. The Kier molecular flexibility index (Phi) is 4.00. The summed E-state index contributed by atoms with van der Waals surface area (Å²) in [5, 5.41) is 5.79. The van der Waals surface area contributed by atoms with Crippen LogP contribution in [0.2, 0.25) is 0 Å². The van der Waals surface area contributed by atoms with Crippen LogP contribution in [0.5, 0.6) is 0 Å². The van der Waals surface area contributed by atoms with E-state index >= 15 is 0 Å². The zero-order chi connectivity index (χ0) is 17.4. The van der Waals surface area contributed by atoms with Crippen molar-refractivity contribution in [1.82, 2.24) is 0 Å². The number of hydrogen-bond acceptors (Lipinski definition) is 3. The van der Waals surface area contributed by atoms with Gasteiger partial charge in [-0.2, -0.15) is 0 Å². The number of benzene rings is 2. The van der Waals surface area contributed by atoms with Crippen LogP contribution in [0.15, 0.2) is 47.4 Å². The van der Waals surface area contributed by atoms with Crippen LogP contribution in [0.25, 0.3) is 0 Å². The molecule has 0 bridgehead atoms. The number of carbonyl (C=O) groups is 2. The highest BCUT2D eigenvalue weighted by Gasteiger charge is 2.45. The van der Waals surface area contributed by atoms with E-state index in [1.54, 1.807) is 18.2 Å². The highest BCUT2D eigenvalue weighted by atomic mass is 32.2. The molecule has 2 amide bonds. The van der Waals surface area contributed by atoms with Gasteiger partial charge in [-0.25, -0.2) is 4.39 Å². The third-order valence-corrected chi connectivity index (χ3v) is 5.98. The standard InChI is InChI=1S/C19H17FN2O2S/c20-13-4-2-12(3-5-13)19(8-1-9-19)18(24)21-14-6-7-16-15(10-14)22-17(23)11-25-16/h2-7,10H,1,8-9,11H2,(H,21,24)(H,22,23). The van der Waals surface area contributed by atoms with E-state index in [0.29, 0.717) is 11.4 Å². The van der Waals surface area contributed by atoms with Crippen LogP contribution < -0.4 is 10.6 Å². The Hall–Kier alpha value is -2.34. The van der Waals surface area contributed by atoms with E-state index in [1.165, 1.54) is 23.9 Å². The fourth-order valence-electron chi connectivity index (χ4n) is 3.36. The van der Waals surface area contributed by atoms with Gasteiger partial charge in [0.1, 0.15) is 5.82 Å². The second-order valence-electron chi connectivity index (χ2n) is 6.44. The maximum atomic E-state index is 13.2. The largest absolute Gasteiger partial charge is 0.325 e. The van der Waals surface area contributed by atoms with E-state index in [2.05, 4.69) is 10.6 Å². The van der Waals surface area contributed by atoms with Gasteiger partial charge in [-0.1, -0.05) is 18.6 Å². The summed E-state index contributed by atoms with van der Waals surface area (Å²) < 4.78 is 13.2. The van der Waals surface area contributed by atoms with Gasteiger partial charge in [0.2, 0.25) is 11.8 Å². The lowest BCUT2D eigenvalue weighted by Gasteiger charge is -2.40. The summed E-state index contributed by atoms with van der Waals surface area (Å²) in [5.74, 6) is -0.0174. The first-order valence-electron chi connectivity index (χ1n) is 8.21. The molecule has 2 aromatic carbocycles. The molecule has 0 radical (unpaired) electrons. The summed E-state index contributed by atoms with van der Waals surface area (Å²) in [6.07, 6.45) is 2.48. The molecule has 1 aliphatic carbocycles. The van der Waals surface area contributed by atoms with Crippen LogP contribution >= 0.6 is 11.8 Å². The Morgan fingerprint density at radius 2 is 1.92 bits per heavy atom. The molecule has 1 fully saturated rings. The van der Waals surface area contributed by atoms with Crippen molar-refractivity contribution >= 4 is 35.0 Å². The van der Waals surface area contributed by atoms with Crippen LogP contribution in [0.4, 0.5) is 15.8 Å². The summed E-state index contributed by atoms with van der Waals surface area (Å²) in [5.41, 5.74) is 1.63. The number of halogens is 1. The van der Waals surface area contributed by atoms with Crippen LogP contribution in [0.1, 0.15) is 24.8 Å².